The van der Waals surface area contributed by atoms with E-state index in [1.54, 1.807) is 0 Å². The molecule has 4 nitrogen and oxygen atoms in total. The van der Waals surface area contributed by atoms with Crippen molar-refractivity contribution >= 4 is 0 Å². The molecule has 0 radical (unpaired) electrons. The summed E-state index contributed by atoms with van der Waals surface area (Å²) >= 11 is 0. The van der Waals surface area contributed by atoms with Crippen molar-refractivity contribution in [3.05, 3.63) is 0 Å². The third kappa shape index (κ3) is 2.33. The van der Waals surface area contributed by atoms with Crippen molar-refractivity contribution in [1.29, 1.82) is 0 Å². The highest BCUT2D eigenvalue weighted by atomic mass is 16.3. The molecule has 4 saturated carbocycles. The molecule has 4 bridgehead atoms. The van der Waals surface area contributed by atoms with Gasteiger partial charge in [-0.15, -0.1) is 0 Å². The second kappa shape index (κ2) is 4.69. The van der Waals surface area contributed by atoms with Crippen LogP contribution in [0.5, 0.6) is 0 Å². The third-order valence-corrected chi connectivity index (χ3v) is 5.92. The van der Waals surface area contributed by atoms with E-state index in [2.05, 4.69) is 12.2 Å². The minimum atomic E-state index is -0.437. The Balaban J connectivity index is 1.76. The van der Waals surface area contributed by atoms with Gasteiger partial charge in [-0.3, -0.25) is 0 Å². The van der Waals surface area contributed by atoms with Crippen LogP contribution in [0.15, 0.2) is 0 Å². The van der Waals surface area contributed by atoms with E-state index in [4.69, 9.17) is 0 Å². The molecule has 0 amide bonds. The SMILES string of the molecule is C[C@H](NC(CO)CO)C12C[C@H]3C[C@@H](CC(O)(C3)C1)C2. The van der Waals surface area contributed by atoms with E-state index in [1.807, 2.05) is 0 Å². The average Bonchev–Trinajstić information content (AvgIpc) is 2.32. The Hall–Kier alpha value is -0.160. The molecular formula is C15H27NO3. The van der Waals surface area contributed by atoms with Gasteiger partial charge in [-0.25, -0.2) is 0 Å². The second-order valence-electron chi connectivity index (χ2n) is 7.50. The van der Waals surface area contributed by atoms with Gasteiger partial charge in [0.1, 0.15) is 0 Å². The van der Waals surface area contributed by atoms with Gasteiger partial charge in [0.2, 0.25) is 0 Å². The van der Waals surface area contributed by atoms with E-state index in [0.717, 1.165) is 19.3 Å². The summed E-state index contributed by atoms with van der Waals surface area (Å²) in [5.74, 6) is 1.36. The van der Waals surface area contributed by atoms with Crippen LogP contribution in [0.1, 0.15) is 45.4 Å². The van der Waals surface area contributed by atoms with Gasteiger partial charge in [0.25, 0.3) is 0 Å². The van der Waals surface area contributed by atoms with Gasteiger partial charge >= 0.3 is 0 Å². The van der Waals surface area contributed by atoms with Crippen LogP contribution in [0, 0.1) is 17.3 Å². The van der Waals surface area contributed by atoms with E-state index in [-0.39, 0.29) is 30.7 Å². The Kier molecular flexibility index (Phi) is 3.41. The van der Waals surface area contributed by atoms with E-state index in [1.165, 1.54) is 19.3 Å². The number of hydrogen-bond donors (Lipinski definition) is 4. The van der Waals surface area contributed by atoms with Crippen molar-refractivity contribution in [3.63, 3.8) is 0 Å². The lowest BCUT2D eigenvalue weighted by Gasteiger charge is -2.62. The Bertz CT molecular complexity index is 328. The quantitative estimate of drug-likeness (QED) is 0.591. The van der Waals surface area contributed by atoms with Crippen LogP contribution in [0.4, 0.5) is 0 Å². The topological polar surface area (TPSA) is 72.7 Å². The molecule has 0 saturated heterocycles. The van der Waals surface area contributed by atoms with Gasteiger partial charge in [0, 0.05) is 6.04 Å². The molecule has 0 spiro atoms. The number of aliphatic hydroxyl groups is 3. The number of rotatable bonds is 5. The Morgan fingerprint density at radius 1 is 1.11 bits per heavy atom. The summed E-state index contributed by atoms with van der Waals surface area (Å²) in [6.45, 7) is 2.09. The standard InChI is InChI=1S/C15H27NO3/c1-10(16-13(7-17)8-18)14-3-11-2-12(4-14)6-15(19,5-11)9-14/h10-13,16-19H,2-9H2,1H3/t10-,11+,12+,14?,15?/m0/s1. The molecule has 19 heavy (non-hydrogen) atoms. The zero-order valence-electron chi connectivity index (χ0n) is 11.8. The van der Waals surface area contributed by atoms with Crippen LogP contribution in [-0.2, 0) is 0 Å². The zero-order chi connectivity index (χ0) is 13.7. The first-order valence-corrected chi connectivity index (χ1v) is 7.69. The van der Waals surface area contributed by atoms with Gasteiger partial charge in [-0.2, -0.15) is 0 Å². The molecule has 4 N–H and O–H groups in total. The van der Waals surface area contributed by atoms with Gasteiger partial charge in [0.15, 0.2) is 0 Å². The van der Waals surface area contributed by atoms with Gasteiger partial charge in [-0.05, 0) is 62.7 Å². The Labute approximate surface area is 115 Å². The van der Waals surface area contributed by atoms with Crippen LogP contribution in [0.3, 0.4) is 0 Å². The zero-order valence-corrected chi connectivity index (χ0v) is 11.8. The number of hydrogen-bond acceptors (Lipinski definition) is 4. The lowest BCUT2D eigenvalue weighted by Crippen LogP contribution is -2.62. The molecule has 0 aromatic heterocycles. The summed E-state index contributed by atoms with van der Waals surface area (Å²) in [4.78, 5) is 0. The summed E-state index contributed by atoms with van der Waals surface area (Å²) in [6.07, 6.45) is 6.56. The largest absolute Gasteiger partial charge is 0.395 e. The number of aliphatic hydroxyl groups excluding tert-OH is 2. The summed E-state index contributed by atoms with van der Waals surface area (Å²) in [6, 6.07) is 0.00636. The fraction of sp³-hybridized carbons (Fsp3) is 1.00. The summed E-state index contributed by atoms with van der Waals surface area (Å²) in [5, 5.41) is 32.6. The Morgan fingerprint density at radius 2 is 1.68 bits per heavy atom. The van der Waals surface area contributed by atoms with Crippen molar-refractivity contribution < 1.29 is 15.3 Å². The predicted octanol–water partition coefficient (Wildman–Crippen LogP) is 0.649. The maximum Gasteiger partial charge on any atom is 0.0659 e. The molecule has 0 unspecified atom stereocenters. The first-order valence-electron chi connectivity index (χ1n) is 7.69. The van der Waals surface area contributed by atoms with E-state index in [0.29, 0.717) is 11.8 Å². The third-order valence-electron chi connectivity index (χ3n) is 5.92. The summed E-state index contributed by atoms with van der Waals surface area (Å²) < 4.78 is 0. The molecule has 4 heteroatoms. The molecule has 110 valence electrons. The normalized spacial score (nSPS) is 45.9. The molecule has 4 rings (SSSR count). The highest BCUT2D eigenvalue weighted by Crippen LogP contribution is 2.62. The van der Waals surface area contributed by atoms with Crippen molar-refractivity contribution in [2.75, 3.05) is 13.2 Å². The van der Waals surface area contributed by atoms with Crippen LogP contribution >= 0.6 is 0 Å². The lowest BCUT2D eigenvalue weighted by molar-refractivity contribution is -0.173. The minimum absolute atomic E-state index is 0.0337. The monoisotopic (exact) mass is 269 g/mol. The molecule has 0 heterocycles. The van der Waals surface area contributed by atoms with Gasteiger partial charge in [-0.1, -0.05) is 0 Å². The average molecular weight is 269 g/mol. The second-order valence-corrected chi connectivity index (χ2v) is 7.50. The highest BCUT2D eigenvalue weighted by Gasteiger charge is 2.58. The maximum absolute atomic E-state index is 10.7. The van der Waals surface area contributed by atoms with Crippen molar-refractivity contribution in [2.24, 2.45) is 17.3 Å². The van der Waals surface area contributed by atoms with E-state index < -0.39 is 5.60 Å². The summed E-state index contributed by atoms with van der Waals surface area (Å²) in [7, 11) is 0. The number of nitrogens with one attached hydrogen (secondary N) is 1. The van der Waals surface area contributed by atoms with Crippen LogP contribution < -0.4 is 5.32 Å². The molecule has 4 fully saturated rings. The molecule has 4 aliphatic rings. The van der Waals surface area contributed by atoms with Crippen molar-refractivity contribution in [3.8, 4) is 0 Å². The molecule has 4 aliphatic carbocycles. The van der Waals surface area contributed by atoms with Crippen molar-refractivity contribution in [2.45, 2.75) is 63.1 Å². The highest BCUT2D eigenvalue weighted by molar-refractivity contribution is 5.11. The molecular weight excluding hydrogens is 242 g/mol. The Morgan fingerprint density at radius 3 is 2.16 bits per heavy atom. The smallest absolute Gasteiger partial charge is 0.0659 e. The van der Waals surface area contributed by atoms with Crippen LogP contribution in [-0.4, -0.2) is 46.2 Å². The van der Waals surface area contributed by atoms with Crippen LogP contribution in [0.2, 0.25) is 0 Å². The molecule has 3 atom stereocenters. The van der Waals surface area contributed by atoms with Crippen LogP contribution in [0.25, 0.3) is 0 Å². The fourth-order valence-corrected chi connectivity index (χ4v) is 5.48. The lowest BCUT2D eigenvalue weighted by atomic mass is 9.46. The molecule has 0 aliphatic heterocycles. The fourth-order valence-electron chi connectivity index (χ4n) is 5.48. The first-order chi connectivity index (χ1) is 8.98. The molecule has 0 aromatic rings. The van der Waals surface area contributed by atoms with E-state index >= 15 is 0 Å². The van der Waals surface area contributed by atoms with Crippen molar-refractivity contribution in [1.82, 2.24) is 5.32 Å². The van der Waals surface area contributed by atoms with Gasteiger partial charge < -0.3 is 20.6 Å². The minimum Gasteiger partial charge on any atom is -0.395 e. The summed E-state index contributed by atoms with van der Waals surface area (Å²) in [5.41, 5.74) is -0.268. The van der Waals surface area contributed by atoms with Gasteiger partial charge in [0.05, 0.1) is 24.9 Å². The predicted molar refractivity (Wildman–Crippen MR) is 72.6 cm³/mol. The first kappa shape index (κ1) is 13.8. The maximum atomic E-state index is 10.7. The van der Waals surface area contributed by atoms with E-state index in [9.17, 15) is 15.3 Å². The molecule has 0 aromatic carbocycles.